The molecule has 0 saturated heterocycles. The van der Waals surface area contributed by atoms with Crippen molar-refractivity contribution in [2.24, 2.45) is 0 Å². The van der Waals surface area contributed by atoms with Gasteiger partial charge in [-0.2, -0.15) is 0 Å². The van der Waals surface area contributed by atoms with Crippen LogP contribution in [0.4, 0.5) is 0 Å². The van der Waals surface area contributed by atoms with Crippen LogP contribution < -0.4 is 20.7 Å². The Morgan fingerprint density at radius 3 is 0.938 bits per heavy atom. The van der Waals surface area contributed by atoms with Gasteiger partial charge in [-0.05, 0) is 116 Å². The van der Waals surface area contributed by atoms with Crippen molar-refractivity contribution in [3.63, 3.8) is 0 Å². The first-order chi connectivity index (χ1) is 31.8. The number of hydrogen-bond acceptors (Lipinski definition) is 0. The molecule has 4 heteroatoms. The topological polar surface area (TPSA) is 14.8 Å². The van der Waals surface area contributed by atoms with Crippen LogP contribution in [0.15, 0.2) is 224 Å². The summed E-state index contributed by atoms with van der Waals surface area (Å²) in [6.45, 7) is 0. The average molecular weight is 828 g/mol. The van der Waals surface area contributed by atoms with Crippen LogP contribution in [0.25, 0.3) is 105 Å². The molecule has 296 valence electrons. The summed E-state index contributed by atoms with van der Waals surface area (Å²) in [6, 6.07) is 84.5. The van der Waals surface area contributed by atoms with Gasteiger partial charge in [-0.25, -0.2) is 0 Å². The maximum Gasteiger partial charge on any atom is 0.182 e. The van der Waals surface area contributed by atoms with Crippen molar-refractivity contribution in [3.05, 3.63) is 224 Å². The molecule has 0 amide bonds. The summed E-state index contributed by atoms with van der Waals surface area (Å²) in [5.74, 6) is 0. The molecule has 3 nitrogen and oxygen atoms in total. The minimum Gasteiger partial charge on any atom is -0.309 e. The number of benzene rings is 10. The second-order valence-electron chi connectivity index (χ2n) is 17.6. The summed E-state index contributed by atoms with van der Waals surface area (Å²) in [6.07, 6.45) is 0. The van der Waals surface area contributed by atoms with Gasteiger partial charge in [0.15, 0.2) is 8.07 Å². The summed E-state index contributed by atoms with van der Waals surface area (Å²) in [5, 5.41) is 13.5. The van der Waals surface area contributed by atoms with E-state index in [-0.39, 0.29) is 0 Å². The number of aromatic nitrogens is 3. The van der Waals surface area contributed by atoms with Crippen molar-refractivity contribution < 1.29 is 0 Å². The molecular weight excluding hydrogens is 791 g/mol. The summed E-state index contributed by atoms with van der Waals surface area (Å²) in [5.41, 5.74) is 16.2. The zero-order valence-electron chi connectivity index (χ0n) is 34.7. The van der Waals surface area contributed by atoms with Crippen LogP contribution in [0.2, 0.25) is 0 Å². The Labute approximate surface area is 369 Å². The molecule has 10 aromatic carbocycles. The van der Waals surface area contributed by atoms with Crippen LogP contribution in [0, 0.1) is 0 Å². The van der Waals surface area contributed by atoms with E-state index in [1.54, 1.807) is 0 Å². The van der Waals surface area contributed by atoms with E-state index in [4.69, 9.17) is 0 Å². The lowest BCUT2D eigenvalue weighted by Crippen LogP contribution is -2.70. The highest BCUT2D eigenvalue weighted by molar-refractivity contribution is 7.24. The van der Waals surface area contributed by atoms with E-state index >= 15 is 0 Å². The minimum absolute atomic E-state index is 1.15. The number of fused-ring (bicyclic) bond motifs is 19. The Morgan fingerprint density at radius 2 is 0.516 bits per heavy atom. The van der Waals surface area contributed by atoms with Crippen LogP contribution in [0.5, 0.6) is 0 Å². The molecule has 0 atom stereocenters. The van der Waals surface area contributed by atoms with Gasteiger partial charge >= 0.3 is 0 Å². The van der Waals surface area contributed by atoms with Crippen LogP contribution in [-0.2, 0) is 0 Å². The largest absolute Gasteiger partial charge is 0.309 e. The van der Waals surface area contributed by atoms with Gasteiger partial charge in [0, 0.05) is 49.4 Å². The highest BCUT2D eigenvalue weighted by atomic mass is 28.3. The fraction of sp³-hybridized carbons (Fsp3) is 0. The molecule has 1 spiro atoms. The molecule has 0 aliphatic carbocycles. The Morgan fingerprint density at radius 1 is 0.219 bits per heavy atom. The number of rotatable bonds is 3. The van der Waals surface area contributed by atoms with E-state index in [9.17, 15) is 0 Å². The molecule has 15 rings (SSSR count). The normalized spacial score (nSPS) is 13.4. The maximum absolute atomic E-state index is 2.55. The molecule has 0 radical (unpaired) electrons. The third-order valence-electron chi connectivity index (χ3n) is 14.6. The lowest BCUT2D eigenvalue weighted by molar-refractivity contribution is 1.16. The first-order valence-electron chi connectivity index (χ1n) is 22.3. The van der Waals surface area contributed by atoms with Crippen LogP contribution in [0.3, 0.4) is 0 Å². The van der Waals surface area contributed by atoms with Gasteiger partial charge in [-0.1, -0.05) is 152 Å². The van der Waals surface area contributed by atoms with Gasteiger partial charge in [0.1, 0.15) is 0 Å². The molecule has 0 saturated carbocycles. The van der Waals surface area contributed by atoms with Gasteiger partial charge < -0.3 is 13.7 Å². The van der Waals surface area contributed by atoms with Gasteiger partial charge in [-0.3, -0.25) is 0 Å². The molecule has 13 aromatic rings. The summed E-state index contributed by atoms with van der Waals surface area (Å²) in [4.78, 5) is 0. The summed E-state index contributed by atoms with van der Waals surface area (Å²) < 4.78 is 7.40. The third-order valence-corrected chi connectivity index (χ3v) is 19.6. The van der Waals surface area contributed by atoms with Crippen LogP contribution in [-0.4, -0.2) is 21.8 Å². The molecule has 3 aromatic heterocycles. The minimum atomic E-state index is -2.55. The zero-order valence-corrected chi connectivity index (χ0v) is 35.7. The van der Waals surface area contributed by atoms with Crippen LogP contribution in [0.1, 0.15) is 0 Å². The molecule has 2 aliphatic rings. The van der Waals surface area contributed by atoms with Crippen molar-refractivity contribution in [1.29, 1.82) is 0 Å². The van der Waals surface area contributed by atoms with Gasteiger partial charge in [0.2, 0.25) is 0 Å². The smallest absolute Gasteiger partial charge is 0.182 e. The SMILES string of the molecule is c1ccc2c(c1)-c1ccccc1[Si]21c2ccccc2-c2cc(-n3c4ccc(-n5c6ccccc6c6ccccc65)cc4c4cc(-n5c6ccccc6c6ccccc65)ccc43)ccc21. The fourth-order valence-electron chi connectivity index (χ4n) is 12.2. The first kappa shape index (κ1) is 34.4. The van der Waals surface area contributed by atoms with E-state index in [1.807, 2.05) is 0 Å². The second-order valence-corrected chi connectivity index (χ2v) is 21.2. The molecular formula is C60H37N3Si. The van der Waals surface area contributed by atoms with Crippen molar-refractivity contribution in [1.82, 2.24) is 13.7 Å². The van der Waals surface area contributed by atoms with E-state index < -0.39 is 8.07 Å². The Balaban J connectivity index is 1.02. The Kier molecular flexibility index (Phi) is 6.71. The van der Waals surface area contributed by atoms with Crippen molar-refractivity contribution >= 4 is 94.2 Å². The molecule has 0 bridgehead atoms. The predicted molar refractivity (Wildman–Crippen MR) is 271 cm³/mol. The van der Waals surface area contributed by atoms with E-state index in [2.05, 4.69) is 238 Å². The highest BCUT2D eigenvalue weighted by Crippen LogP contribution is 2.42. The molecule has 2 aliphatic heterocycles. The summed E-state index contributed by atoms with van der Waals surface area (Å²) in [7, 11) is -2.55. The molecule has 0 fully saturated rings. The number of nitrogens with zero attached hydrogens (tertiary/aromatic N) is 3. The monoisotopic (exact) mass is 827 g/mol. The van der Waals surface area contributed by atoms with E-state index in [1.165, 1.54) is 114 Å². The molecule has 0 N–H and O–H groups in total. The van der Waals surface area contributed by atoms with Crippen molar-refractivity contribution in [2.75, 3.05) is 0 Å². The molecule has 5 heterocycles. The van der Waals surface area contributed by atoms with E-state index in [0.717, 1.165) is 11.4 Å². The fourth-order valence-corrected chi connectivity index (χ4v) is 17.8. The summed E-state index contributed by atoms with van der Waals surface area (Å²) >= 11 is 0. The van der Waals surface area contributed by atoms with Gasteiger partial charge in [-0.15, -0.1) is 0 Å². The third kappa shape index (κ3) is 4.26. The Bertz CT molecular complexity index is 3840. The number of para-hydroxylation sites is 4. The predicted octanol–water partition coefficient (Wildman–Crippen LogP) is 12.3. The highest BCUT2D eigenvalue weighted by Gasteiger charge is 2.53. The quantitative estimate of drug-likeness (QED) is 0.158. The van der Waals surface area contributed by atoms with Crippen LogP contribution >= 0.6 is 0 Å². The van der Waals surface area contributed by atoms with E-state index in [0.29, 0.717) is 0 Å². The van der Waals surface area contributed by atoms with Crippen molar-refractivity contribution in [2.45, 2.75) is 0 Å². The molecule has 0 unspecified atom stereocenters. The second kappa shape index (κ2) is 12.5. The lowest BCUT2D eigenvalue weighted by atomic mass is 10.1. The first-order valence-corrected chi connectivity index (χ1v) is 24.3. The van der Waals surface area contributed by atoms with Crippen molar-refractivity contribution in [3.8, 4) is 39.3 Å². The lowest BCUT2D eigenvalue weighted by Gasteiger charge is -2.27. The standard InChI is InChI=1S/C60H37N3Si/c1-8-22-51-41(15-1)42-16-2-9-23-52(42)61(51)38-29-32-55-48(35-38)49-36-39(62-53-24-10-3-17-43(53)44-18-4-11-25-54(44)62)30-33-56(49)63(55)40-31-34-60-50(37-40)47-21-7-14-28-59(47)64(60)57-26-12-5-19-45(57)46-20-6-13-27-58(46)64/h1-37H. The zero-order chi connectivity index (χ0) is 41.7. The molecule has 64 heavy (non-hydrogen) atoms. The number of hydrogen-bond donors (Lipinski definition) is 0. The van der Waals surface area contributed by atoms with Gasteiger partial charge in [0.25, 0.3) is 0 Å². The average Bonchev–Trinajstić information content (AvgIpc) is 4.13. The maximum atomic E-state index is 2.52. The Hall–Kier alpha value is -8.18. The van der Waals surface area contributed by atoms with Gasteiger partial charge in [0.05, 0.1) is 33.1 Å².